The van der Waals surface area contributed by atoms with Crippen LogP contribution in [0.4, 0.5) is 0 Å². The van der Waals surface area contributed by atoms with Gasteiger partial charge in [-0.1, -0.05) is 22.5 Å². The number of rotatable bonds is 4. The van der Waals surface area contributed by atoms with Gasteiger partial charge in [-0.25, -0.2) is 4.98 Å². The summed E-state index contributed by atoms with van der Waals surface area (Å²) in [7, 11) is 0. The zero-order chi connectivity index (χ0) is 8.97. The third kappa shape index (κ3) is 3.47. The number of hydrogen-bond donors (Lipinski definition) is 1. The topological polar surface area (TPSA) is 24.9 Å². The van der Waals surface area contributed by atoms with E-state index in [4.69, 9.17) is 0 Å². The van der Waals surface area contributed by atoms with Crippen LogP contribution in [-0.4, -0.2) is 11.5 Å². The van der Waals surface area contributed by atoms with E-state index in [9.17, 15) is 0 Å². The zero-order valence-corrected chi connectivity index (χ0v) is 9.33. The van der Waals surface area contributed by atoms with Gasteiger partial charge in [0.15, 0.2) is 0 Å². The van der Waals surface area contributed by atoms with Crippen LogP contribution in [0.3, 0.4) is 0 Å². The molecular weight excluding hydrogens is 236 g/mol. The van der Waals surface area contributed by atoms with Gasteiger partial charge in [0.2, 0.25) is 0 Å². The fourth-order valence-electron chi connectivity index (χ4n) is 0.808. The monoisotopic (exact) mass is 246 g/mol. The molecule has 12 heavy (non-hydrogen) atoms. The van der Waals surface area contributed by atoms with Gasteiger partial charge in [0.05, 0.1) is 5.01 Å². The highest BCUT2D eigenvalue weighted by Crippen LogP contribution is 2.10. The first-order valence-electron chi connectivity index (χ1n) is 3.64. The van der Waals surface area contributed by atoms with Gasteiger partial charge in [-0.2, -0.15) is 0 Å². The van der Waals surface area contributed by atoms with Crippen molar-refractivity contribution in [3.63, 3.8) is 0 Å². The summed E-state index contributed by atoms with van der Waals surface area (Å²) in [5, 5.41) is 4.35. The van der Waals surface area contributed by atoms with Crippen molar-refractivity contribution in [2.45, 2.75) is 13.5 Å². The van der Waals surface area contributed by atoms with Crippen LogP contribution in [-0.2, 0) is 6.54 Å². The number of thiazole rings is 1. The van der Waals surface area contributed by atoms with Crippen molar-refractivity contribution in [1.29, 1.82) is 0 Å². The Labute approximate surface area is 84.8 Å². The van der Waals surface area contributed by atoms with E-state index in [1.165, 1.54) is 4.88 Å². The molecule has 1 rings (SSSR count). The molecule has 4 heteroatoms. The van der Waals surface area contributed by atoms with Crippen LogP contribution in [0.1, 0.15) is 9.88 Å². The van der Waals surface area contributed by atoms with Gasteiger partial charge in [-0.3, -0.25) is 0 Å². The number of aromatic nitrogens is 1. The summed E-state index contributed by atoms with van der Waals surface area (Å²) < 4.78 is 0.976. The van der Waals surface area contributed by atoms with E-state index in [1.807, 2.05) is 13.1 Å². The fourth-order valence-corrected chi connectivity index (χ4v) is 1.77. The first-order chi connectivity index (χ1) is 5.68. The molecule has 0 atom stereocenters. The number of nitrogens with zero attached hydrogens (tertiary/aromatic N) is 1. The summed E-state index contributed by atoms with van der Waals surface area (Å²) in [4.78, 5) is 5.42. The van der Waals surface area contributed by atoms with Crippen molar-refractivity contribution in [2.75, 3.05) is 6.54 Å². The maximum absolute atomic E-state index is 4.16. The van der Waals surface area contributed by atoms with Gasteiger partial charge in [0.1, 0.15) is 0 Å². The van der Waals surface area contributed by atoms with Crippen molar-refractivity contribution in [3.05, 3.63) is 27.1 Å². The lowest BCUT2D eigenvalue weighted by Crippen LogP contribution is -2.13. The summed E-state index contributed by atoms with van der Waals surface area (Å²) in [5.41, 5.74) is 0. The highest BCUT2D eigenvalue weighted by molar-refractivity contribution is 9.11. The Morgan fingerprint density at radius 2 is 2.58 bits per heavy atom. The Kier molecular flexibility index (Phi) is 3.91. The Morgan fingerprint density at radius 1 is 1.83 bits per heavy atom. The van der Waals surface area contributed by atoms with Gasteiger partial charge in [0, 0.05) is 28.6 Å². The summed E-state index contributed by atoms with van der Waals surface area (Å²) in [6.45, 7) is 7.42. The van der Waals surface area contributed by atoms with Crippen LogP contribution in [0.2, 0.25) is 0 Å². The molecule has 0 bridgehead atoms. The van der Waals surface area contributed by atoms with Gasteiger partial charge < -0.3 is 5.32 Å². The molecule has 1 N–H and O–H groups in total. The van der Waals surface area contributed by atoms with Gasteiger partial charge in [0.25, 0.3) is 0 Å². The zero-order valence-electron chi connectivity index (χ0n) is 6.93. The predicted molar refractivity (Wildman–Crippen MR) is 56.6 cm³/mol. The number of nitrogens with one attached hydrogen (secondary N) is 1. The van der Waals surface area contributed by atoms with E-state index in [0.717, 1.165) is 22.6 Å². The van der Waals surface area contributed by atoms with Gasteiger partial charge in [-0.05, 0) is 6.92 Å². The molecule has 0 radical (unpaired) electrons. The van der Waals surface area contributed by atoms with Crippen LogP contribution >= 0.6 is 27.3 Å². The van der Waals surface area contributed by atoms with E-state index in [2.05, 4.69) is 32.8 Å². The fraction of sp³-hybridized carbons (Fsp3) is 0.375. The molecule has 2 nitrogen and oxygen atoms in total. The quantitative estimate of drug-likeness (QED) is 0.883. The molecule has 1 heterocycles. The molecule has 1 aromatic heterocycles. The molecule has 0 aliphatic rings. The van der Waals surface area contributed by atoms with E-state index >= 15 is 0 Å². The second kappa shape index (κ2) is 4.74. The van der Waals surface area contributed by atoms with E-state index in [-0.39, 0.29) is 0 Å². The lowest BCUT2D eigenvalue weighted by Gasteiger charge is -1.98. The minimum absolute atomic E-state index is 0.803. The SMILES string of the molecule is C=C(Br)CNCc1cnc(C)s1. The lowest BCUT2D eigenvalue weighted by molar-refractivity contribution is 0.766. The smallest absolute Gasteiger partial charge is 0.0897 e. The molecule has 0 aliphatic heterocycles. The Bertz CT molecular complexity index is 270. The summed E-state index contributed by atoms with van der Waals surface area (Å²) in [6.07, 6.45) is 1.91. The molecule has 0 saturated carbocycles. The molecule has 0 saturated heterocycles. The molecule has 0 aromatic carbocycles. The third-order valence-electron chi connectivity index (χ3n) is 1.29. The average molecular weight is 247 g/mol. The first-order valence-corrected chi connectivity index (χ1v) is 5.24. The third-order valence-corrected chi connectivity index (χ3v) is 2.48. The van der Waals surface area contributed by atoms with Crippen LogP contribution < -0.4 is 5.32 Å². The molecule has 1 aromatic rings. The van der Waals surface area contributed by atoms with Crippen molar-refractivity contribution in [3.8, 4) is 0 Å². The van der Waals surface area contributed by atoms with E-state index in [0.29, 0.717) is 0 Å². The molecule has 66 valence electrons. The summed E-state index contributed by atoms with van der Waals surface area (Å²) >= 11 is 5.00. The normalized spacial score (nSPS) is 10.2. The lowest BCUT2D eigenvalue weighted by atomic mass is 10.5. The molecule has 0 unspecified atom stereocenters. The van der Waals surface area contributed by atoms with E-state index < -0.39 is 0 Å². The second-order valence-electron chi connectivity index (χ2n) is 2.47. The Morgan fingerprint density at radius 3 is 3.08 bits per heavy atom. The molecule has 0 amide bonds. The molecule has 0 aliphatic carbocycles. The van der Waals surface area contributed by atoms with Crippen molar-refractivity contribution >= 4 is 27.3 Å². The minimum Gasteiger partial charge on any atom is -0.307 e. The minimum atomic E-state index is 0.803. The highest BCUT2D eigenvalue weighted by atomic mass is 79.9. The van der Waals surface area contributed by atoms with Crippen LogP contribution in [0.25, 0.3) is 0 Å². The largest absolute Gasteiger partial charge is 0.307 e. The Hall–Kier alpha value is -0.190. The number of aryl methyl sites for hydroxylation is 1. The van der Waals surface area contributed by atoms with Crippen LogP contribution in [0, 0.1) is 6.92 Å². The van der Waals surface area contributed by atoms with Gasteiger partial charge >= 0.3 is 0 Å². The second-order valence-corrected chi connectivity index (χ2v) is 4.91. The summed E-state index contributed by atoms with van der Waals surface area (Å²) in [5.74, 6) is 0. The first kappa shape index (κ1) is 9.89. The average Bonchev–Trinajstić information content (AvgIpc) is 2.35. The van der Waals surface area contributed by atoms with Crippen LogP contribution in [0.5, 0.6) is 0 Å². The Balaban J connectivity index is 2.29. The van der Waals surface area contributed by atoms with Crippen molar-refractivity contribution < 1.29 is 0 Å². The molecular formula is C8H11BrN2S. The van der Waals surface area contributed by atoms with Gasteiger partial charge in [-0.15, -0.1) is 11.3 Å². The van der Waals surface area contributed by atoms with Crippen molar-refractivity contribution in [2.24, 2.45) is 0 Å². The predicted octanol–water partition coefficient (Wildman–Crippen LogP) is 2.45. The summed E-state index contributed by atoms with van der Waals surface area (Å²) in [6, 6.07) is 0. The van der Waals surface area contributed by atoms with Crippen LogP contribution in [0.15, 0.2) is 17.3 Å². The maximum Gasteiger partial charge on any atom is 0.0897 e. The van der Waals surface area contributed by atoms with E-state index in [1.54, 1.807) is 11.3 Å². The maximum atomic E-state index is 4.16. The number of halogens is 1. The number of hydrogen-bond acceptors (Lipinski definition) is 3. The highest BCUT2D eigenvalue weighted by Gasteiger charge is 1.96. The molecule has 0 spiro atoms. The standard InChI is InChI=1S/C8H11BrN2S/c1-6(9)3-10-4-8-5-11-7(2)12-8/h5,10H,1,3-4H2,2H3. The molecule has 0 fully saturated rings. The van der Waals surface area contributed by atoms with Crippen molar-refractivity contribution in [1.82, 2.24) is 10.3 Å².